The van der Waals surface area contributed by atoms with Crippen LogP contribution < -0.4 is 4.74 Å². The van der Waals surface area contributed by atoms with Crippen LogP contribution in [0, 0.1) is 19.3 Å². The lowest BCUT2D eigenvalue weighted by Crippen LogP contribution is -2.01. The number of hydrogen-bond donors (Lipinski definition) is 0. The standard InChI is InChI=1S/C12H12N4O/c1-4-7-16-12(13-14-15-16)10-5-6-11(17-3)9(2)8-10/h1,5-6,8H,7H2,2-3H3. The molecule has 0 saturated carbocycles. The molecule has 1 aromatic heterocycles. The Bertz CT molecular complexity index is 568. The van der Waals surface area contributed by atoms with Crippen LogP contribution in [0.4, 0.5) is 0 Å². The normalized spacial score (nSPS) is 9.94. The van der Waals surface area contributed by atoms with E-state index >= 15 is 0 Å². The first kappa shape index (κ1) is 11.1. The molecular weight excluding hydrogens is 216 g/mol. The summed E-state index contributed by atoms with van der Waals surface area (Å²) < 4.78 is 6.79. The van der Waals surface area contributed by atoms with Crippen LogP contribution in [0.2, 0.25) is 0 Å². The van der Waals surface area contributed by atoms with Gasteiger partial charge in [-0.1, -0.05) is 5.92 Å². The minimum absolute atomic E-state index is 0.355. The molecule has 0 bridgehead atoms. The molecule has 0 spiro atoms. The molecule has 17 heavy (non-hydrogen) atoms. The van der Waals surface area contributed by atoms with Crippen molar-refractivity contribution in [1.82, 2.24) is 20.2 Å². The number of aromatic nitrogens is 4. The van der Waals surface area contributed by atoms with Crippen molar-refractivity contribution >= 4 is 0 Å². The number of methoxy groups -OCH3 is 1. The van der Waals surface area contributed by atoms with Gasteiger partial charge in [-0.05, 0) is 41.1 Å². The molecule has 5 nitrogen and oxygen atoms in total. The average molecular weight is 228 g/mol. The summed E-state index contributed by atoms with van der Waals surface area (Å²) in [4.78, 5) is 0. The highest BCUT2D eigenvalue weighted by Crippen LogP contribution is 2.24. The van der Waals surface area contributed by atoms with Crippen LogP contribution in [0.5, 0.6) is 5.75 Å². The molecule has 0 aliphatic heterocycles. The molecular formula is C12H12N4O. The second-order valence-corrected chi connectivity index (χ2v) is 3.55. The van der Waals surface area contributed by atoms with Gasteiger partial charge in [0, 0.05) is 5.56 Å². The smallest absolute Gasteiger partial charge is 0.182 e. The SMILES string of the molecule is C#CCn1nnnc1-c1ccc(OC)c(C)c1. The Labute approximate surface area is 99.4 Å². The Morgan fingerprint density at radius 1 is 1.47 bits per heavy atom. The van der Waals surface area contributed by atoms with Gasteiger partial charge in [-0.15, -0.1) is 11.5 Å². The fourth-order valence-electron chi connectivity index (χ4n) is 1.62. The Morgan fingerprint density at radius 2 is 2.29 bits per heavy atom. The molecule has 0 aliphatic rings. The second-order valence-electron chi connectivity index (χ2n) is 3.55. The highest BCUT2D eigenvalue weighted by molar-refractivity contribution is 5.58. The highest BCUT2D eigenvalue weighted by atomic mass is 16.5. The van der Waals surface area contributed by atoms with Gasteiger partial charge in [0.25, 0.3) is 0 Å². The first-order chi connectivity index (χ1) is 8.26. The molecule has 0 N–H and O–H groups in total. The largest absolute Gasteiger partial charge is 0.496 e. The van der Waals surface area contributed by atoms with Crippen molar-refractivity contribution < 1.29 is 4.74 Å². The number of tetrazole rings is 1. The summed E-state index contributed by atoms with van der Waals surface area (Å²) in [5.41, 5.74) is 1.95. The third-order valence-electron chi connectivity index (χ3n) is 2.43. The van der Waals surface area contributed by atoms with Crippen molar-refractivity contribution in [1.29, 1.82) is 0 Å². The average Bonchev–Trinajstić information content (AvgIpc) is 2.78. The molecule has 0 unspecified atom stereocenters. The minimum atomic E-state index is 0.355. The number of terminal acetylenes is 1. The van der Waals surface area contributed by atoms with E-state index in [1.165, 1.54) is 0 Å². The Morgan fingerprint density at radius 3 is 2.94 bits per heavy atom. The van der Waals surface area contributed by atoms with E-state index in [4.69, 9.17) is 11.2 Å². The van der Waals surface area contributed by atoms with Crippen LogP contribution >= 0.6 is 0 Å². The molecule has 86 valence electrons. The minimum Gasteiger partial charge on any atom is -0.496 e. The van der Waals surface area contributed by atoms with E-state index in [2.05, 4.69) is 21.4 Å². The van der Waals surface area contributed by atoms with Crippen molar-refractivity contribution in [3.05, 3.63) is 23.8 Å². The quantitative estimate of drug-likeness (QED) is 0.743. The molecule has 0 amide bonds. The molecule has 0 radical (unpaired) electrons. The summed E-state index contributed by atoms with van der Waals surface area (Å²) in [5.74, 6) is 4.01. The maximum atomic E-state index is 5.26. The Balaban J connectivity index is 2.43. The fraction of sp³-hybridized carbons (Fsp3) is 0.250. The lowest BCUT2D eigenvalue weighted by Gasteiger charge is -2.06. The van der Waals surface area contributed by atoms with Crippen LogP contribution in [0.1, 0.15) is 5.56 Å². The van der Waals surface area contributed by atoms with Crippen LogP contribution in [0.3, 0.4) is 0 Å². The number of benzene rings is 1. The first-order valence-corrected chi connectivity index (χ1v) is 5.11. The van der Waals surface area contributed by atoms with E-state index in [-0.39, 0.29) is 0 Å². The first-order valence-electron chi connectivity index (χ1n) is 5.11. The third-order valence-corrected chi connectivity index (χ3v) is 2.43. The van der Waals surface area contributed by atoms with Crippen molar-refractivity contribution in [3.8, 4) is 29.5 Å². The summed E-state index contributed by atoms with van der Waals surface area (Å²) in [6, 6.07) is 5.77. The number of hydrogen-bond acceptors (Lipinski definition) is 4. The number of aryl methyl sites for hydroxylation is 1. The predicted octanol–water partition coefficient (Wildman–Crippen LogP) is 1.29. The molecule has 1 heterocycles. The van der Waals surface area contributed by atoms with Crippen LogP contribution in [-0.2, 0) is 6.54 Å². The number of nitrogens with zero attached hydrogens (tertiary/aromatic N) is 4. The molecule has 2 rings (SSSR count). The van der Waals surface area contributed by atoms with Gasteiger partial charge in [0.1, 0.15) is 12.3 Å². The van der Waals surface area contributed by atoms with Crippen molar-refractivity contribution in [2.45, 2.75) is 13.5 Å². The molecule has 0 aliphatic carbocycles. The summed E-state index contributed by atoms with van der Waals surface area (Å²) in [6.07, 6.45) is 5.26. The summed E-state index contributed by atoms with van der Waals surface area (Å²) in [6.45, 7) is 2.32. The van der Waals surface area contributed by atoms with E-state index in [0.29, 0.717) is 12.4 Å². The van der Waals surface area contributed by atoms with E-state index in [0.717, 1.165) is 16.9 Å². The monoisotopic (exact) mass is 228 g/mol. The zero-order valence-electron chi connectivity index (χ0n) is 9.71. The van der Waals surface area contributed by atoms with Crippen molar-refractivity contribution in [2.75, 3.05) is 7.11 Å². The van der Waals surface area contributed by atoms with E-state index in [9.17, 15) is 0 Å². The zero-order chi connectivity index (χ0) is 12.3. The summed E-state index contributed by atoms with van der Waals surface area (Å²) in [7, 11) is 1.64. The lowest BCUT2D eigenvalue weighted by molar-refractivity contribution is 0.412. The van der Waals surface area contributed by atoms with Gasteiger partial charge in [0.15, 0.2) is 5.82 Å². The van der Waals surface area contributed by atoms with Crippen LogP contribution in [0.15, 0.2) is 18.2 Å². The van der Waals surface area contributed by atoms with Gasteiger partial charge in [-0.25, -0.2) is 4.68 Å². The molecule has 0 atom stereocenters. The second kappa shape index (κ2) is 4.66. The van der Waals surface area contributed by atoms with Crippen LogP contribution in [-0.4, -0.2) is 27.3 Å². The van der Waals surface area contributed by atoms with Gasteiger partial charge in [0.2, 0.25) is 0 Å². The highest BCUT2D eigenvalue weighted by Gasteiger charge is 2.09. The molecule has 0 fully saturated rings. The maximum absolute atomic E-state index is 5.26. The van der Waals surface area contributed by atoms with Crippen molar-refractivity contribution in [3.63, 3.8) is 0 Å². The summed E-state index contributed by atoms with van der Waals surface area (Å²) >= 11 is 0. The lowest BCUT2D eigenvalue weighted by atomic mass is 10.1. The van der Waals surface area contributed by atoms with Gasteiger partial charge in [-0.3, -0.25) is 0 Å². The molecule has 2 aromatic rings. The van der Waals surface area contributed by atoms with E-state index in [1.807, 2.05) is 25.1 Å². The fourth-order valence-corrected chi connectivity index (χ4v) is 1.62. The van der Waals surface area contributed by atoms with Gasteiger partial charge in [-0.2, -0.15) is 0 Å². The molecule has 0 saturated heterocycles. The van der Waals surface area contributed by atoms with E-state index in [1.54, 1.807) is 11.8 Å². The third kappa shape index (κ3) is 2.11. The predicted molar refractivity (Wildman–Crippen MR) is 63.4 cm³/mol. The Hall–Kier alpha value is -2.35. The maximum Gasteiger partial charge on any atom is 0.182 e. The number of rotatable bonds is 3. The Kier molecular flexibility index (Phi) is 3.06. The van der Waals surface area contributed by atoms with Gasteiger partial charge >= 0.3 is 0 Å². The zero-order valence-corrected chi connectivity index (χ0v) is 9.71. The topological polar surface area (TPSA) is 52.8 Å². The summed E-state index contributed by atoms with van der Waals surface area (Å²) in [5, 5.41) is 11.4. The van der Waals surface area contributed by atoms with Gasteiger partial charge < -0.3 is 4.74 Å². The number of ether oxygens (including phenoxy) is 1. The molecule has 5 heteroatoms. The van der Waals surface area contributed by atoms with E-state index < -0.39 is 0 Å². The molecule has 1 aromatic carbocycles. The van der Waals surface area contributed by atoms with Crippen LogP contribution in [0.25, 0.3) is 11.4 Å². The van der Waals surface area contributed by atoms with Crippen molar-refractivity contribution in [2.24, 2.45) is 0 Å². The van der Waals surface area contributed by atoms with Gasteiger partial charge in [0.05, 0.1) is 7.11 Å².